The fourth-order valence-corrected chi connectivity index (χ4v) is 2.74. The highest BCUT2D eigenvalue weighted by atomic mass is 79.9. The number of nitrogens with one attached hydrogen (secondary N) is 2. The first kappa shape index (κ1) is 14.5. The van der Waals surface area contributed by atoms with Gasteiger partial charge >= 0.3 is 0 Å². The van der Waals surface area contributed by atoms with Crippen molar-refractivity contribution in [1.29, 1.82) is 0 Å². The number of hydrogen-bond donors (Lipinski definition) is 2. The lowest BCUT2D eigenvalue weighted by Crippen LogP contribution is -2.40. The molecular formula is C15H21BrN2O. The third-order valence-electron chi connectivity index (χ3n) is 3.74. The van der Waals surface area contributed by atoms with Gasteiger partial charge in [0.2, 0.25) is 5.91 Å². The third-order valence-corrected chi connectivity index (χ3v) is 4.24. The fourth-order valence-electron chi connectivity index (χ4n) is 2.34. The molecule has 0 saturated carbocycles. The van der Waals surface area contributed by atoms with E-state index in [9.17, 15) is 4.79 Å². The zero-order valence-electron chi connectivity index (χ0n) is 11.5. The van der Waals surface area contributed by atoms with Crippen LogP contribution in [0.2, 0.25) is 0 Å². The molecule has 1 heterocycles. The van der Waals surface area contributed by atoms with Gasteiger partial charge in [0, 0.05) is 23.0 Å². The second kappa shape index (κ2) is 6.06. The quantitative estimate of drug-likeness (QED) is 0.893. The molecule has 1 aliphatic rings. The summed E-state index contributed by atoms with van der Waals surface area (Å²) < 4.78 is 1.07. The van der Waals surface area contributed by atoms with E-state index in [-0.39, 0.29) is 17.2 Å². The highest BCUT2D eigenvalue weighted by Gasteiger charge is 2.26. The predicted molar refractivity (Wildman–Crippen MR) is 81.2 cm³/mol. The number of carbonyl (C=O) groups is 1. The molecule has 0 aliphatic carbocycles. The van der Waals surface area contributed by atoms with Gasteiger partial charge in [-0.2, -0.15) is 0 Å². The van der Waals surface area contributed by atoms with Crippen LogP contribution in [0.15, 0.2) is 28.7 Å². The molecule has 4 heteroatoms. The first-order valence-electron chi connectivity index (χ1n) is 6.73. The first-order chi connectivity index (χ1) is 8.99. The number of amides is 1. The Balaban J connectivity index is 1.95. The molecule has 104 valence electrons. The van der Waals surface area contributed by atoms with Crippen molar-refractivity contribution in [2.75, 3.05) is 19.6 Å². The molecule has 1 aromatic rings. The Kier molecular flexibility index (Phi) is 4.63. The van der Waals surface area contributed by atoms with Crippen LogP contribution in [0.25, 0.3) is 0 Å². The normalized spacial score (nSPS) is 19.4. The fraction of sp³-hybridized carbons (Fsp3) is 0.533. The Bertz CT molecular complexity index is 453. The monoisotopic (exact) mass is 324 g/mol. The SMILES string of the molecule is CC(C)(CNC(=O)C1CCNC1)c1cccc(Br)c1. The van der Waals surface area contributed by atoms with Gasteiger partial charge in [-0.25, -0.2) is 0 Å². The molecule has 0 radical (unpaired) electrons. The number of carbonyl (C=O) groups excluding carboxylic acids is 1. The molecule has 1 saturated heterocycles. The summed E-state index contributed by atoms with van der Waals surface area (Å²) in [5, 5.41) is 6.31. The summed E-state index contributed by atoms with van der Waals surface area (Å²) in [5.74, 6) is 0.311. The summed E-state index contributed by atoms with van der Waals surface area (Å²) in [6.45, 7) is 6.74. The van der Waals surface area contributed by atoms with E-state index in [1.165, 1.54) is 5.56 Å². The summed E-state index contributed by atoms with van der Waals surface area (Å²) in [6, 6.07) is 8.27. The molecule has 3 nitrogen and oxygen atoms in total. The predicted octanol–water partition coefficient (Wildman–Crippen LogP) is 2.45. The van der Waals surface area contributed by atoms with Gasteiger partial charge in [0.25, 0.3) is 0 Å². The smallest absolute Gasteiger partial charge is 0.224 e. The van der Waals surface area contributed by atoms with E-state index in [2.05, 4.69) is 52.5 Å². The molecule has 1 aromatic carbocycles. The summed E-state index contributed by atoms with van der Waals surface area (Å²) in [7, 11) is 0. The van der Waals surface area contributed by atoms with Crippen molar-refractivity contribution >= 4 is 21.8 Å². The molecule has 1 fully saturated rings. The molecule has 19 heavy (non-hydrogen) atoms. The first-order valence-corrected chi connectivity index (χ1v) is 7.53. The minimum absolute atomic E-state index is 0.0640. The Hall–Kier alpha value is -0.870. The number of benzene rings is 1. The topological polar surface area (TPSA) is 41.1 Å². The Morgan fingerprint density at radius 3 is 2.95 bits per heavy atom. The Labute approximate surface area is 123 Å². The van der Waals surface area contributed by atoms with Gasteiger partial charge in [-0.3, -0.25) is 4.79 Å². The highest BCUT2D eigenvalue weighted by molar-refractivity contribution is 9.10. The van der Waals surface area contributed by atoms with Crippen LogP contribution in [0.1, 0.15) is 25.8 Å². The van der Waals surface area contributed by atoms with E-state index < -0.39 is 0 Å². The number of halogens is 1. The zero-order chi connectivity index (χ0) is 13.9. The molecule has 1 amide bonds. The Morgan fingerprint density at radius 1 is 1.53 bits per heavy atom. The lowest BCUT2D eigenvalue weighted by atomic mass is 9.84. The Morgan fingerprint density at radius 2 is 2.32 bits per heavy atom. The second-order valence-electron chi connectivity index (χ2n) is 5.80. The summed E-state index contributed by atoms with van der Waals surface area (Å²) >= 11 is 3.49. The van der Waals surface area contributed by atoms with Crippen molar-refractivity contribution in [1.82, 2.24) is 10.6 Å². The van der Waals surface area contributed by atoms with Crippen molar-refractivity contribution in [2.24, 2.45) is 5.92 Å². The van der Waals surface area contributed by atoms with Crippen LogP contribution in [-0.4, -0.2) is 25.5 Å². The van der Waals surface area contributed by atoms with E-state index >= 15 is 0 Å². The maximum absolute atomic E-state index is 12.0. The maximum atomic E-state index is 12.0. The van der Waals surface area contributed by atoms with Gasteiger partial charge in [0.15, 0.2) is 0 Å². The molecule has 1 unspecified atom stereocenters. The maximum Gasteiger partial charge on any atom is 0.224 e. The van der Waals surface area contributed by atoms with E-state index in [4.69, 9.17) is 0 Å². The van der Waals surface area contributed by atoms with Crippen LogP contribution in [0.5, 0.6) is 0 Å². The highest BCUT2D eigenvalue weighted by Crippen LogP contribution is 2.25. The van der Waals surface area contributed by atoms with Crippen LogP contribution >= 0.6 is 15.9 Å². The second-order valence-corrected chi connectivity index (χ2v) is 6.72. The number of rotatable bonds is 4. The molecule has 2 N–H and O–H groups in total. The zero-order valence-corrected chi connectivity index (χ0v) is 13.1. The molecule has 0 bridgehead atoms. The third kappa shape index (κ3) is 3.80. The molecule has 1 aliphatic heterocycles. The number of hydrogen-bond acceptors (Lipinski definition) is 2. The summed E-state index contributed by atoms with van der Waals surface area (Å²) in [4.78, 5) is 12.0. The average molecular weight is 325 g/mol. The van der Waals surface area contributed by atoms with Gasteiger partial charge in [0.05, 0.1) is 5.92 Å². The molecule has 2 rings (SSSR count). The van der Waals surface area contributed by atoms with Gasteiger partial charge in [-0.05, 0) is 30.7 Å². The van der Waals surface area contributed by atoms with Crippen LogP contribution < -0.4 is 10.6 Å². The van der Waals surface area contributed by atoms with Gasteiger partial charge in [-0.15, -0.1) is 0 Å². The van der Waals surface area contributed by atoms with Crippen LogP contribution in [0.3, 0.4) is 0 Å². The minimum atomic E-state index is -0.0640. The molecule has 0 aromatic heterocycles. The van der Waals surface area contributed by atoms with Crippen molar-refractivity contribution in [3.63, 3.8) is 0 Å². The van der Waals surface area contributed by atoms with Crippen LogP contribution in [0, 0.1) is 5.92 Å². The van der Waals surface area contributed by atoms with Crippen molar-refractivity contribution in [3.8, 4) is 0 Å². The van der Waals surface area contributed by atoms with E-state index in [1.54, 1.807) is 0 Å². The van der Waals surface area contributed by atoms with Gasteiger partial charge in [-0.1, -0.05) is 41.9 Å². The van der Waals surface area contributed by atoms with Crippen LogP contribution in [-0.2, 0) is 10.2 Å². The van der Waals surface area contributed by atoms with Gasteiger partial charge in [0.1, 0.15) is 0 Å². The lowest BCUT2D eigenvalue weighted by Gasteiger charge is -2.26. The van der Waals surface area contributed by atoms with Crippen LogP contribution in [0.4, 0.5) is 0 Å². The van der Waals surface area contributed by atoms with E-state index in [1.807, 2.05) is 12.1 Å². The minimum Gasteiger partial charge on any atom is -0.355 e. The largest absolute Gasteiger partial charge is 0.355 e. The van der Waals surface area contributed by atoms with E-state index in [0.29, 0.717) is 6.54 Å². The standard InChI is InChI=1S/C15H21BrN2O/c1-15(2,12-4-3-5-13(16)8-12)10-18-14(19)11-6-7-17-9-11/h3-5,8,11,17H,6-7,9-10H2,1-2H3,(H,18,19). The van der Waals surface area contributed by atoms with Crippen molar-refractivity contribution in [3.05, 3.63) is 34.3 Å². The van der Waals surface area contributed by atoms with Crippen molar-refractivity contribution < 1.29 is 4.79 Å². The average Bonchev–Trinajstić information content (AvgIpc) is 2.90. The summed E-state index contributed by atoms with van der Waals surface area (Å²) in [5.41, 5.74) is 1.16. The van der Waals surface area contributed by atoms with Gasteiger partial charge < -0.3 is 10.6 Å². The molecular weight excluding hydrogens is 304 g/mol. The summed E-state index contributed by atoms with van der Waals surface area (Å²) in [6.07, 6.45) is 0.948. The lowest BCUT2D eigenvalue weighted by molar-refractivity contribution is -0.124. The van der Waals surface area contributed by atoms with Crippen molar-refractivity contribution in [2.45, 2.75) is 25.7 Å². The molecule has 0 spiro atoms. The molecule has 1 atom stereocenters. The van der Waals surface area contributed by atoms with E-state index in [0.717, 1.165) is 24.0 Å².